The zero-order valence-corrected chi connectivity index (χ0v) is 11.9. The number of aryl methyl sites for hydroxylation is 1. The highest BCUT2D eigenvalue weighted by atomic mass is 16.6. The topological polar surface area (TPSA) is 68.5 Å². The number of hydrogen-bond donors (Lipinski definition) is 0. The van der Waals surface area contributed by atoms with Crippen molar-refractivity contribution in [1.29, 1.82) is 0 Å². The number of hydrogen-bond acceptors (Lipinski definition) is 5. The van der Waals surface area contributed by atoms with Gasteiger partial charge in [0.1, 0.15) is 17.5 Å². The van der Waals surface area contributed by atoms with Crippen LogP contribution >= 0.6 is 0 Å². The quantitative estimate of drug-likeness (QED) is 0.856. The van der Waals surface area contributed by atoms with Gasteiger partial charge in [-0.25, -0.2) is 4.63 Å². The number of morpholine rings is 1. The molecule has 1 amide bonds. The van der Waals surface area contributed by atoms with Gasteiger partial charge in [-0.3, -0.25) is 4.79 Å². The second-order valence-corrected chi connectivity index (χ2v) is 5.08. The fourth-order valence-electron chi connectivity index (χ4n) is 2.41. The Balaban J connectivity index is 1.66. The summed E-state index contributed by atoms with van der Waals surface area (Å²) >= 11 is 0. The number of carbonyl (C=O) groups excluding carboxylic acids is 1. The Hall–Kier alpha value is -2.21. The predicted octanol–water partition coefficient (Wildman–Crippen LogP) is 1.52. The van der Waals surface area contributed by atoms with E-state index in [0.717, 1.165) is 5.56 Å². The van der Waals surface area contributed by atoms with Crippen LogP contribution in [0, 0.1) is 6.92 Å². The van der Waals surface area contributed by atoms with E-state index < -0.39 is 0 Å². The Morgan fingerprint density at radius 3 is 2.86 bits per heavy atom. The van der Waals surface area contributed by atoms with Crippen molar-refractivity contribution >= 4 is 5.91 Å². The van der Waals surface area contributed by atoms with Crippen molar-refractivity contribution in [3.8, 4) is 0 Å². The largest absolute Gasteiger partial charge is 0.370 e. The van der Waals surface area contributed by atoms with Crippen LogP contribution in [0.2, 0.25) is 0 Å². The molecular formula is C15H17N3O3. The molecule has 1 aromatic carbocycles. The highest BCUT2D eigenvalue weighted by Gasteiger charge is 2.26. The normalized spacial score (nSPS) is 18.7. The van der Waals surface area contributed by atoms with Crippen LogP contribution in [-0.4, -0.2) is 40.8 Å². The number of rotatable bonds is 3. The van der Waals surface area contributed by atoms with Crippen LogP contribution in [0.15, 0.2) is 35.0 Å². The van der Waals surface area contributed by atoms with Gasteiger partial charge in [0.15, 0.2) is 0 Å². The molecule has 1 aliphatic heterocycles. The lowest BCUT2D eigenvalue weighted by molar-refractivity contribution is -0.138. The first-order chi connectivity index (χ1) is 10.2. The van der Waals surface area contributed by atoms with Crippen LogP contribution in [-0.2, 0) is 16.0 Å². The highest BCUT2D eigenvalue weighted by Crippen LogP contribution is 2.22. The second kappa shape index (κ2) is 6.05. The average Bonchev–Trinajstić information content (AvgIpc) is 2.93. The van der Waals surface area contributed by atoms with Crippen LogP contribution < -0.4 is 0 Å². The maximum absolute atomic E-state index is 12.4. The van der Waals surface area contributed by atoms with E-state index in [1.165, 1.54) is 0 Å². The number of carbonyl (C=O) groups is 1. The van der Waals surface area contributed by atoms with Gasteiger partial charge in [0, 0.05) is 6.54 Å². The Bertz CT molecular complexity index is 612. The highest BCUT2D eigenvalue weighted by molar-refractivity contribution is 5.78. The minimum absolute atomic E-state index is 0.0260. The smallest absolute Gasteiger partial charge is 0.228 e. The van der Waals surface area contributed by atoms with Crippen molar-refractivity contribution in [1.82, 2.24) is 15.2 Å². The summed E-state index contributed by atoms with van der Waals surface area (Å²) in [7, 11) is 0. The molecule has 1 aliphatic rings. The molecule has 0 radical (unpaired) electrons. The molecule has 0 unspecified atom stereocenters. The summed E-state index contributed by atoms with van der Waals surface area (Å²) in [6.07, 6.45) is 0.150. The number of ether oxygens (including phenoxy) is 1. The zero-order valence-electron chi connectivity index (χ0n) is 11.9. The predicted molar refractivity (Wildman–Crippen MR) is 74.5 cm³/mol. The molecule has 2 heterocycles. The molecule has 1 atom stereocenters. The molecule has 3 rings (SSSR count). The van der Waals surface area contributed by atoms with Gasteiger partial charge in [0.05, 0.1) is 19.6 Å². The summed E-state index contributed by atoms with van der Waals surface area (Å²) in [6, 6.07) is 9.96. The minimum Gasteiger partial charge on any atom is -0.370 e. The van der Waals surface area contributed by atoms with Crippen molar-refractivity contribution in [3.63, 3.8) is 0 Å². The molecule has 6 nitrogen and oxygen atoms in total. The zero-order chi connectivity index (χ0) is 14.7. The Morgan fingerprint density at radius 2 is 2.14 bits per heavy atom. The molecular weight excluding hydrogens is 270 g/mol. The Kier molecular flexibility index (Phi) is 3.96. The van der Waals surface area contributed by atoms with E-state index in [4.69, 9.17) is 4.74 Å². The van der Waals surface area contributed by atoms with Crippen LogP contribution in [0.25, 0.3) is 0 Å². The fraction of sp³-hybridized carbons (Fsp3) is 0.400. The summed E-state index contributed by atoms with van der Waals surface area (Å²) in [5.41, 5.74) is 2.35. The van der Waals surface area contributed by atoms with E-state index >= 15 is 0 Å². The lowest BCUT2D eigenvalue weighted by atomic mass is 10.1. The van der Waals surface area contributed by atoms with E-state index in [9.17, 15) is 4.79 Å². The van der Waals surface area contributed by atoms with Gasteiger partial charge in [-0.15, -0.1) is 0 Å². The number of nitrogens with zero attached hydrogens (tertiary/aromatic N) is 3. The maximum atomic E-state index is 12.4. The van der Waals surface area contributed by atoms with E-state index in [1.54, 1.807) is 6.92 Å². The van der Waals surface area contributed by atoms with Gasteiger partial charge in [0.25, 0.3) is 0 Å². The van der Waals surface area contributed by atoms with Gasteiger partial charge in [-0.1, -0.05) is 40.6 Å². The van der Waals surface area contributed by atoms with Gasteiger partial charge < -0.3 is 9.64 Å². The van der Waals surface area contributed by atoms with Crippen LogP contribution in [0.4, 0.5) is 0 Å². The standard InChI is InChI=1S/C15H17N3O3/c1-11-13(17-21-16-11)9-15(19)18-7-8-20-14(10-18)12-5-3-2-4-6-12/h2-6,14H,7-10H2,1H3/t14-/m0/s1. The SMILES string of the molecule is Cc1nonc1CC(=O)N1CCO[C@H](c2ccccc2)C1. The van der Waals surface area contributed by atoms with E-state index in [1.807, 2.05) is 35.2 Å². The Morgan fingerprint density at radius 1 is 1.33 bits per heavy atom. The summed E-state index contributed by atoms with van der Waals surface area (Å²) < 4.78 is 10.4. The molecule has 0 N–H and O–H groups in total. The van der Waals surface area contributed by atoms with E-state index in [-0.39, 0.29) is 18.4 Å². The van der Waals surface area contributed by atoms with Crippen molar-refractivity contribution in [2.24, 2.45) is 0 Å². The summed E-state index contributed by atoms with van der Waals surface area (Å²) in [4.78, 5) is 14.2. The maximum Gasteiger partial charge on any atom is 0.228 e. The fourth-order valence-corrected chi connectivity index (χ4v) is 2.41. The molecule has 0 spiro atoms. The third-order valence-corrected chi connectivity index (χ3v) is 3.66. The van der Waals surface area contributed by atoms with Crippen molar-refractivity contribution < 1.29 is 14.2 Å². The molecule has 0 bridgehead atoms. The molecule has 1 saturated heterocycles. The average molecular weight is 287 g/mol. The van der Waals surface area contributed by atoms with Crippen LogP contribution in [0.3, 0.4) is 0 Å². The van der Waals surface area contributed by atoms with Gasteiger partial charge in [-0.05, 0) is 12.5 Å². The first-order valence-electron chi connectivity index (χ1n) is 6.96. The van der Waals surface area contributed by atoms with Crippen molar-refractivity contribution in [2.75, 3.05) is 19.7 Å². The molecule has 1 fully saturated rings. The lowest BCUT2D eigenvalue weighted by Gasteiger charge is -2.33. The molecule has 1 aromatic heterocycles. The third kappa shape index (κ3) is 3.11. The number of benzene rings is 1. The molecule has 0 saturated carbocycles. The minimum atomic E-state index is -0.0690. The molecule has 0 aliphatic carbocycles. The van der Waals surface area contributed by atoms with Crippen molar-refractivity contribution in [2.45, 2.75) is 19.4 Å². The van der Waals surface area contributed by atoms with Gasteiger partial charge in [-0.2, -0.15) is 0 Å². The van der Waals surface area contributed by atoms with Crippen molar-refractivity contribution in [3.05, 3.63) is 47.3 Å². The number of aromatic nitrogens is 2. The van der Waals surface area contributed by atoms with E-state index in [2.05, 4.69) is 14.9 Å². The first kappa shape index (κ1) is 13.8. The molecule has 2 aromatic rings. The van der Waals surface area contributed by atoms with Crippen LogP contribution in [0.5, 0.6) is 0 Å². The summed E-state index contributed by atoms with van der Waals surface area (Å²) in [5.74, 6) is 0.0260. The monoisotopic (exact) mass is 287 g/mol. The van der Waals surface area contributed by atoms with Gasteiger partial charge >= 0.3 is 0 Å². The molecule has 6 heteroatoms. The Labute approximate surface area is 122 Å². The second-order valence-electron chi connectivity index (χ2n) is 5.08. The first-order valence-corrected chi connectivity index (χ1v) is 6.96. The van der Waals surface area contributed by atoms with Crippen LogP contribution in [0.1, 0.15) is 23.1 Å². The molecule has 21 heavy (non-hydrogen) atoms. The summed E-state index contributed by atoms with van der Waals surface area (Å²) in [6.45, 7) is 3.49. The third-order valence-electron chi connectivity index (χ3n) is 3.66. The number of amides is 1. The summed E-state index contributed by atoms with van der Waals surface area (Å²) in [5, 5.41) is 7.46. The lowest BCUT2D eigenvalue weighted by Crippen LogP contribution is -2.43. The van der Waals surface area contributed by atoms with Gasteiger partial charge in [0.2, 0.25) is 5.91 Å². The van der Waals surface area contributed by atoms with E-state index in [0.29, 0.717) is 31.1 Å². The molecule has 110 valence electrons.